The summed E-state index contributed by atoms with van der Waals surface area (Å²) in [4.78, 5) is 64.1. The Hall–Kier alpha value is -4.74. The molecule has 1 saturated heterocycles. The molecule has 1 aromatic carbocycles. The van der Waals surface area contributed by atoms with Gasteiger partial charge in [-0.2, -0.15) is 0 Å². The van der Waals surface area contributed by atoms with Crippen molar-refractivity contribution in [3.8, 4) is 0 Å². The summed E-state index contributed by atoms with van der Waals surface area (Å²) in [6.45, 7) is 1.32. The molecule has 0 aliphatic carbocycles. The summed E-state index contributed by atoms with van der Waals surface area (Å²) in [5, 5.41) is 13.1. The highest BCUT2D eigenvalue weighted by atomic mass is 16.4. The Morgan fingerprint density at radius 3 is 2.37 bits per heavy atom. The molecule has 2 amide bonds. The number of nitrogens with zero attached hydrogens (tertiary/aromatic N) is 6. The van der Waals surface area contributed by atoms with Crippen molar-refractivity contribution in [3.63, 3.8) is 0 Å². The Labute approximate surface area is 198 Å². The second-order valence-corrected chi connectivity index (χ2v) is 7.98. The van der Waals surface area contributed by atoms with Gasteiger partial charge in [-0.1, -0.05) is 23.3 Å². The molecule has 4 heterocycles. The molecule has 2 aliphatic rings. The molecule has 5 rings (SSSR count). The minimum atomic E-state index is -1.16. The normalized spacial score (nSPS) is 15.7. The van der Waals surface area contributed by atoms with E-state index in [1.165, 1.54) is 28.2 Å². The van der Waals surface area contributed by atoms with E-state index in [0.29, 0.717) is 30.0 Å². The number of aliphatic carboxylic acids is 1. The van der Waals surface area contributed by atoms with Gasteiger partial charge < -0.3 is 19.9 Å². The molecular weight excluding hydrogens is 454 g/mol. The SMILES string of the molecule is O=C(O)C1=CC[N+](c2ncnc3c(C(=O)C(=O)N4CCN(C(=O)c5ccccc5)CC4)c[nH]c23)=N1. The number of piperazine rings is 1. The number of aromatic amines is 1. The lowest BCUT2D eigenvalue weighted by Gasteiger charge is -2.34. The number of carbonyl (C=O) groups excluding carboxylic acids is 3. The van der Waals surface area contributed by atoms with Crippen LogP contribution < -0.4 is 0 Å². The first kappa shape index (κ1) is 22.1. The van der Waals surface area contributed by atoms with Crippen LogP contribution in [0, 0.1) is 0 Å². The Morgan fingerprint density at radius 2 is 1.69 bits per heavy atom. The number of rotatable bonds is 5. The first-order chi connectivity index (χ1) is 16.9. The number of nitrogens with one attached hydrogen (secondary N) is 1. The van der Waals surface area contributed by atoms with Crippen LogP contribution in [0.5, 0.6) is 0 Å². The van der Waals surface area contributed by atoms with Gasteiger partial charge in [0.05, 0.1) is 5.56 Å². The summed E-state index contributed by atoms with van der Waals surface area (Å²) in [5.74, 6) is -2.39. The van der Waals surface area contributed by atoms with Gasteiger partial charge in [0.15, 0.2) is 11.2 Å². The third-order valence-electron chi connectivity index (χ3n) is 5.91. The zero-order valence-corrected chi connectivity index (χ0v) is 18.4. The minimum absolute atomic E-state index is 0.0852. The fraction of sp³-hybridized carbons (Fsp3) is 0.217. The maximum absolute atomic E-state index is 13.1. The number of benzene rings is 1. The zero-order valence-electron chi connectivity index (χ0n) is 18.4. The summed E-state index contributed by atoms with van der Waals surface area (Å²) in [7, 11) is 0. The molecular formula is C23H20N7O5+. The van der Waals surface area contributed by atoms with Crippen LogP contribution in [0.4, 0.5) is 5.82 Å². The molecule has 0 radical (unpaired) electrons. The van der Waals surface area contributed by atoms with Gasteiger partial charge >= 0.3 is 11.8 Å². The highest BCUT2D eigenvalue weighted by Gasteiger charge is 2.32. The maximum atomic E-state index is 13.1. The van der Waals surface area contributed by atoms with Crippen LogP contribution in [0.2, 0.25) is 0 Å². The molecule has 3 aromatic rings. The lowest BCUT2D eigenvalue weighted by molar-refractivity contribution is -0.495. The van der Waals surface area contributed by atoms with E-state index in [1.54, 1.807) is 29.2 Å². The minimum Gasteiger partial charge on any atom is -0.476 e. The van der Waals surface area contributed by atoms with E-state index in [0.717, 1.165) is 0 Å². The number of aromatic nitrogens is 3. The first-order valence-electron chi connectivity index (χ1n) is 10.9. The average molecular weight is 474 g/mol. The Morgan fingerprint density at radius 1 is 0.971 bits per heavy atom. The monoisotopic (exact) mass is 474 g/mol. The maximum Gasteiger partial charge on any atom is 0.371 e. The van der Waals surface area contributed by atoms with E-state index >= 15 is 0 Å². The van der Waals surface area contributed by atoms with Crippen LogP contribution in [-0.4, -0.2) is 90.8 Å². The van der Waals surface area contributed by atoms with Gasteiger partial charge in [0.2, 0.25) is 6.33 Å². The van der Waals surface area contributed by atoms with Crippen LogP contribution in [0.3, 0.4) is 0 Å². The van der Waals surface area contributed by atoms with Crippen LogP contribution in [0.1, 0.15) is 20.7 Å². The van der Waals surface area contributed by atoms with E-state index in [1.807, 2.05) is 6.07 Å². The Balaban J connectivity index is 1.30. The molecule has 0 saturated carbocycles. The number of amides is 2. The van der Waals surface area contributed by atoms with Crippen molar-refractivity contribution >= 4 is 40.4 Å². The van der Waals surface area contributed by atoms with Crippen LogP contribution in [-0.2, 0) is 9.59 Å². The molecule has 2 N–H and O–H groups in total. The third kappa shape index (κ3) is 4.05. The molecule has 35 heavy (non-hydrogen) atoms. The van der Waals surface area contributed by atoms with Gasteiger partial charge in [0, 0.05) is 37.9 Å². The second-order valence-electron chi connectivity index (χ2n) is 7.98. The van der Waals surface area contributed by atoms with Gasteiger partial charge in [-0.3, -0.25) is 14.4 Å². The number of Topliss-reactive ketones (excluding diaryl/α,β-unsaturated/α-hetero) is 1. The van der Waals surface area contributed by atoms with Gasteiger partial charge in [0.25, 0.3) is 17.6 Å². The molecule has 1 fully saturated rings. The molecule has 0 unspecified atom stereocenters. The van der Waals surface area contributed by atoms with E-state index in [9.17, 15) is 19.2 Å². The smallest absolute Gasteiger partial charge is 0.371 e. The number of azo groups is 2. The molecule has 2 aliphatic heterocycles. The largest absolute Gasteiger partial charge is 0.476 e. The predicted molar refractivity (Wildman–Crippen MR) is 120 cm³/mol. The number of carboxylic acids is 1. The number of H-pyrrole nitrogens is 1. The predicted octanol–water partition coefficient (Wildman–Crippen LogP) is 1.20. The third-order valence-corrected chi connectivity index (χ3v) is 5.91. The topological polar surface area (TPSA) is 152 Å². The number of hydrogen-bond donors (Lipinski definition) is 2. The van der Waals surface area contributed by atoms with Gasteiger partial charge in [-0.05, 0) is 23.2 Å². The van der Waals surface area contributed by atoms with Gasteiger partial charge in [-0.25, -0.2) is 9.78 Å². The van der Waals surface area contributed by atoms with Crippen molar-refractivity contribution in [2.75, 3.05) is 32.7 Å². The molecule has 0 bridgehead atoms. The van der Waals surface area contributed by atoms with Crippen LogP contribution in [0.25, 0.3) is 11.0 Å². The molecule has 12 heteroatoms. The highest BCUT2D eigenvalue weighted by molar-refractivity contribution is 6.44. The quantitative estimate of drug-likeness (QED) is 0.320. The number of hydrogen-bond acceptors (Lipinski definition) is 7. The van der Waals surface area contributed by atoms with E-state index in [2.05, 4.69) is 20.1 Å². The van der Waals surface area contributed by atoms with E-state index < -0.39 is 17.7 Å². The lowest BCUT2D eigenvalue weighted by Crippen LogP contribution is -2.52. The van der Waals surface area contributed by atoms with Crippen LogP contribution >= 0.6 is 0 Å². The Kier molecular flexibility index (Phi) is 5.61. The van der Waals surface area contributed by atoms with Crippen LogP contribution in [0.15, 0.2) is 59.7 Å². The van der Waals surface area contributed by atoms with Crippen molar-refractivity contribution < 1.29 is 29.0 Å². The van der Waals surface area contributed by atoms with Crippen molar-refractivity contribution in [3.05, 3.63) is 65.8 Å². The molecule has 2 aromatic heterocycles. The molecule has 176 valence electrons. The van der Waals surface area contributed by atoms with Crippen molar-refractivity contribution in [1.29, 1.82) is 0 Å². The summed E-state index contributed by atoms with van der Waals surface area (Å²) in [6.07, 6.45) is 4.06. The number of fused-ring (bicyclic) bond motifs is 1. The second kappa shape index (κ2) is 8.89. The summed E-state index contributed by atoms with van der Waals surface area (Å²) < 4.78 is 1.38. The first-order valence-corrected chi connectivity index (χ1v) is 10.9. The number of carbonyl (C=O) groups is 4. The average Bonchev–Trinajstić information content (AvgIpc) is 3.56. The fourth-order valence-corrected chi connectivity index (χ4v) is 4.08. The van der Waals surface area contributed by atoms with E-state index in [4.69, 9.17) is 5.11 Å². The summed E-state index contributed by atoms with van der Waals surface area (Å²) in [5.41, 5.74) is 1.16. The summed E-state index contributed by atoms with van der Waals surface area (Å²) in [6, 6.07) is 8.90. The van der Waals surface area contributed by atoms with Crippen molar-refractivity contribution in [2.24, 2.45) is 5.11 Å². The number of carboxylic acid groups (broad SMARTS) is 1. The standard InChI is InChI=1S/C23H19N7O5/c31-19(22(33)29-10-8-28(9-11-29)21(32)14-4-2-1-3-5-14)15-12-24-18-17(15)25-13-26-20(18)30-7-6-16(27-30)23(34)35/h1-6,12-13H,7-11H2,(H-,24,25,26,27,31,34,35)/p+1. The fourth-order valence-electron chi connectivity index (χ4n) is 4.08. The van der Waals surface area contributed by atoms with Gasteiger partial charge in [0.1, 0.15) is 12.1 Å². The van der Waals surface area contributed by atoms with E-state index in [-0.39, 0.29) is 42.3 Å². The Bertz CT molecular complexity index is 1420. The van der Waals surface area contributed by atoms with Crippen molar-refractivity contribution in [2.45, 2.75) is 0 Å². The molecule has 0 spiro atoms. The molecule has 12 nitrogen and oxygen atoms in total. The zero-order chi connectivity index (χ0) is 24.5. The number of ketones is 1. The van der Waals surface area contributed by atoms with Gasteiger partial charge in [-0.15, -0.1) is 4.70 Å². The molecule has 0 atom stereocenters. The summed E-state index contributed by atoms with van der Waals surface area (Å²) >= 11 is 0. The lowest BCUT2D eigenvalue weighted by atomic mass is 10.1. The highest BCUT2D eigenvalue weighted by Crippen LogP contribution is 2.26. The van der Waals surface area contributed by atoms with Crippen molar-refractivity contribution in [1.82, 2.24) is 24.8 Å².